The summed E-state index contributed by atoms with van der Waals surface area (Å²) in [6.07, 6.45) is 6.32. The maximum atomic E-state index is 12.8. The van der Waals surface area contributed by atoms with Crippen LogP contribution < -0.4 is 0 Å². The lowest BCUT2D eigenvalue weighted by atomic mass is 9.89. The molecular weight excluding hydrogens is 288 g/mol. The summed E-state index contributed by atoms with van der Waals surface area (Å²) in [5.41, 5.74) is 1.56. The van der Waals surface area contributed by atoms with Crippen molar-refractivity contribution in [2.45, 2.75) is 45.6 Å². The minimum absolute atomic E-state index is 0.0312. The van der Waals surface area contributed by atoms with E-state index in [0.29, 0.717) is 23.9 Å². The normalized spacial score (nSPS) is 15.5. The highest BCUT2D eigenvalue weighted by atomic mass is 16.5. The van der Waals surface area contributed by atoms with Crippen molar-refractivity contribution in [2.75, 3.05) is 6.54 Å². The number of carbonyl (C=O) groups is 1. The molecule has 1 heterocycles. The first-order valence-electron chi connectivity index (χ1n) is 8.49. The fourth-order valence-corrected chi connectivity index (χ4v) is 3.33. The molecule has 1 aliphatic rings. The molecule has 1 aromatic heterocycles. The molecule has 4 nitrogen and oxygen atoms in total. The topological polar surface area (TPSA) is 46.3 Å². The molecule has 0 bridgehead atoms. The molecular formula is C19H24N2O2. The second-order valence-electron chi connectivity index (χ2n) is 6.50. The Hall–Kier alpha value is -2.10. The van der Waals surface area contributed by atoms with Gasteiger partial charge in [-0.1, -0.05) is 54.8 Å². The Balaban J connectivity index is 1.75. The Kier molecular flexibility index (Phi) is 5.11. The summed E-state index contributed by atoms with van der Waals surface area (Å²) in [6, 6.07) is 11.9. The van der Waals surface area contributed by atoms with E-state index in [-0.39, 0.29) is 5.91 Å². The van der Waals surface area contributed by atoms with Crippen molar-refractivity contribution >= 4 is 5.91 Å². The summed E-state index contributed by atoms with van der Waals surface area (Å²) in [7, 11) is 0. The molecule has 0 saturated heterocycles. The molecule has 3 rings (SSSR count). The van der Waals surface area contributed by atoms with Gasteiger partial charge in [0.05, 0.1) is 0 Å². The highest BCUT2D eigenvalue weighted by Crippen LogP contribution is 2.25. The fraction of sp³-hybridized carbons (Fsp3) is 0.474. The van der Waals surface area contributed by atoms with Crippen molar-refractivity contribution in [3.8, 4) is 0 Å². The van der Waals surface area contributed by atoms with Crippen molar-refractivity contribution in [3.05, 3.63) is 53.4 Å². The summed E-state index contributed by atoms with van der Waals surface area (Å²) < 4.78 is 5.08. The molecule has 1 amide bonds. The zero-order chi connectivity index (χ0) is 16.1. The molecule has 4 heteroatoms. The van der Waals surface area contributed by atoms with E-state index >= 15 is 0 Å². The van der Waals surface area contributed by atoms with Crippen LogP contribution in [0.4, 0.5) is 0 Å². The molecule has 0 aliphatic heterocycles. The Morgan fingerprint density at radius 1 is 1.22 bits per heavy atom. The second-order valence-corrected chi connectivity index (χ2v) is 6.50. The minimum Gasteiger partial charge on any atom is -0.361 e. The van der Waals surface area contributed by atoms with E-state index in [9.17, 15) is 4.79 Å². The highest BCUT2D eigenvalue weighted by Gasteiger charge is 2.24. The van der Waals surface area contributed by atoms with Crippen molar-refractivity contribution in [1.82, 2.24) is 10.1 Å². The maximum Gasteiger partial charge on any atom is 0.276 e. The molecule has 0 radical (unpaired) electrons. The van der Waals surface area contributed by atoms with Crippen LogP contribution in [0, 0.1) is 12.8 Å². The average Bonchev–Trinajstić information content (AvgIpc) is 3.02. The zero-order valence-electron chi connectivity index (χ0n) is 13.7. The SMILES string of the molecule is Cc1cc(C(=O)N(Cc2ccccc2)CC2CCCCC2)no1. The lowest BCUT2D eigenvalue weighted by Gasteiger charge is -2.29. The smallest absolute Gasteiger partial charge is 0.276 e. The number of rotatable bonds is 5. The number of nitrogens with zero attached hydrogens (tertiary/aromatic N) is 2. The van der Waals surface area contributed by atoms with E-state index in [4.69, 9.17) is 4.52 Å². The first-order valence-corrected chi connectivity index (χ1v) is 8.49. The van der Waals surface area contributed by atoms with Gasteiger partial charge in [-0.2, -0.15) is 0 Å². The van der Waals surface area contributed by atoms with Crippen molar-refractivity contribution in [1.29, 1.82) is 0 Å². The van der Waals surface area contributed by atoms with Crippen LogP contribution in [0.25, 0.3) is 0 Å². The van der Waals surface area contributed by atoms with Crippen molar-refractivity contribution in [3.63, 3.8) is 0 Å². The van der Waals surface area contributed by atoms with Crippen LogP contribution >= 0.6 is 0 Å². The third kappa shape index (κ3) is 4.21. The largest absolute Gasteiger partial charge is 0.361 e. The van der Waals surface area contributed by atoms with Gasteiger partial charge >= 0.3 is 0 Å². The summed E-state index contributed by atoms with van der Waals surface area (Å²) >= 11 is 0. The Labute approximate surface area is 137 Å². The number of aryl methyl sites for hydroxylation is 1. The highest BCUT2D eigenvalue weighted by molar-refractivity contribution is 5.92. The van der Waals surface area contributed by atoms with Gasteiger partial charge in [0.2, 0.25) is 0 Å². The van der Waals surface area contributed by atoms with Crippen LogP contribution in [0.1, 0.15) is 53.9 Å². The predicted molar refractivity (Wildman–Crippen MR) is 89.0 cm³/mol. The summed E-state index contributed by atoms with van der Waals surface area (Å²) in [4.78, 5) is 14.8. The molecule has 23 heavy (non-hydrogen) atoms. The summed E-state index contributed by atoms with van der Waals surface area (Å²) in [5.74, 6) is 1.24. The predicted octanol–water partition coefficient (Wildman–Crippen LogP) is 4.21. The molecule has 1 saturated carbocycles. The second kappa shape index (κ2) is 7.44. The van der Waals surface area contributed by atoms with Gasteiger partial charge in [0.1, 0.15) is 5.76 Å². The van der Waals surface area contributed by atoms with E-state index in [2.05, 4.69) is 17.3 Å². The Morgan fingerprint density at radius 2 is 1.96 bits per heavy atom. The molecule has 0 atom stereocenters. The zero-order valence-corrected chi connectivity index (χ0v) is 13.7. The first kappa shape index (κ1) is 15.8. The van der Waals surface area contributed by atoms with E-state index in [1.165, 1.54) is 32.1 Å². The average molecular weight is 312 g/mol. The molecule has 0 N–H and O–H groups in total. The van der Waals surface area contributed by atoms with Crippen molar-refractivity contribution in [2.24, 2.45) is 5.92 Å². The minimum atomic E-state index is -0.0312. The van der Waals surface area contributed by atoms with E-state index in [0.717, 1.165) is 12.1 Å². The van der Waals surface area contributed by atoms with Gasteiger partial charge < -0.3 is 9.42 Å². The molecule has 0 spiro atoms. The lowest BCUT2D eigenvalue weighted by Crippen LogP contribution is -2.35. The van der Waals surface area contributed by atoms with Crippen LogP contribution in [0.15, 0.2) is 40.9 Å². The standard InChI is InChI=1S/C19H24N2O2/c1-15-12-18(20-23-15)19(22)21(13-16-8-4-2-5-9-16)14-17-10-6-3-7-11-17/h2,4-5,8-9,12,17H,3,6-7,10-11,13-14H2,1H3. The maximum absolute atomic E-state index is 12.8. The van der Waals surface area contributed by atoms with Gasteiger partial charge in [-0.3, -0.25) is 4.79 Å². The van der Waals surface area contributed by atoms with Gasteiger partial charge in [-0.15, -0.1) is 0 Å². The number of carbonyl (C=O) groups excluding carboxylic acids is 1. The van der Waals surface area contributed by atoms with E-state index < -0.39 is 0 Å². The number of aromatic nitrogens is 1. The van der Waals surface area contributed by atoms with Crippen molar-refractivity contribution < 1.29 is 9.32 Å². The van der Waals surface area contributed by atoms with Gasteiger partial charge in [-0.05, 0) is 31.2 Å². The lowest BCUT2D eigenvalue weighted by molar-refractivity contribution is 0.0688. The van der Waals surface area contributed by atoms with Gasteiger partial charge in [0.15, 0.2) is 5.69 Å². The molecule has 1 aromatic carbocycles. The number of hydrogen-bond acceptors (Lipinski definition) is 3. The summed E-state index contributed by atoms with van der Waals surface area (Å²) in [5, 5.41) is 3.91. The number of hydrogen-bond donors (Lipinski definition) is 0. The first-order chi connectivity index (χ1) is 11.2. The van der Waals surface area contributed by atoms with Gasteiger partial charge in [0, 0.05) is 19.2 Å². The van der Waals surface area contributed by atoms with Crippen LogP contribution in [0.5, 0.6) is 0 Å². The van der Waals surface area contributed by atoms with Crippen LogP contribution in [0.2, 0.25) is 0 Å². The number of amides is 1. The van der Waals surface area contributed by atoms with Crippen LogP contribution in [0.3, 0.4) is 0 Å². The monoisotopic (exact) mass is 312 g/mol. The number of benzene rings is 1. The van der Waals surface area contributed by atoms with E-state index in [1.54, 1.807) is 6.07 Å². The van der Waals surface area contributed by atoms with Gasteiger partial charge in [-0.25, -0.2) is 0 Å². The molecule has 1 aliphatic carbocycles. The Morgan fingerprint density at radius 3 is 2.61 bits per heavy atom. The molecule has 122 valence electrons. The fourth-order valence-electron chi connectivity index (χ4n) is 3.33. The van der Waals surface area contributed by atoms with Crippen LogP contribution in [-0.4, -0.2) is 22.5 Å². The molecule has 0 unspecified atom stereocenters. The van der Waals surface area contributed by atoms with E-state index in [1.807, 2.05) is 30.0 Å². The quantitative estimate of drug-likeness (QED) is 0.831. The third-order valence-corrected chi connectivity index (χ3v) is 4.55. The van der Waals surface area contributed by atoms with Gasteiger partial charge in [0.25, 0.3) is 5.91 Å². The summed E-state index contributed by atoms with van der Waals surface area (Å²) in [6.45, 7) is 3.24. The Bertz CT molecular complexity index is 630. The molecule has 2 aromatic rings. The molecule has 1 fully saturated rings. The van der Waals surface area contributed by atoms with Crippen LogP contribution in [-0.2, 0) is 6.54 Å². The third-order valence-electron chi connectivity index (χ3n) is 4.55.